The Bertz CT molecular complexity index is 4140. The molecular formula is C71H47N. The molecule has 0 fully saturated rings. The Labute approximate surface area is 420 Å². The van der Waals surface area contributed by atoms with E-state index in [0.29, 0.717) is 0 Å². The SMILES string of the molecule is c1ccc(-c2c(-c3ccccc3)c3cc(-c4ccc(N(c5cccc6c5-c5ccccc5C6(c5ccccc5)c5ccccc5)c5cccc6c5ccc5ccccc56)cc4)ccc3c3ccccc23)cc1. The zero-order chi connectivity index (χ0) is 47.6. The van der Waals surface area contributed by atoms with Crippen LogP contribution in [0.2, 0.25) is 0 Å². The third-order valence-corrected chi connectivity index (χ3v) is 15.3. The summed E-state index contributed by atoms with van der Waals surface area (Å²) in [6.07, 6.45) is 0. The molecule has 1 aliphatic rings. The van der Waals surface area contributed by atoms with Crippen molar-refractivity contribution in [2.24, 2.45) is 0 Å². The Morgan fingerprint density at radius 2 is 0.736 bits per heavy atom. The van der Waals surface area contributed by atoms with Crippen molar-refractivity contribution in [3.8, 4) is 44.5 Å². The van der Waals surface area contributed by atoms with Gasteiger partial charge in [-0.25, -0.2) is 0 Å². The standard InChI is InChI=1S/C71H47N/c1-5-22-50(23-6-1)68-61-32-16-15-31-58(61)59-45-42-52(47-63(59)69(68)51-24-7-2-8-25-51)48-39-43-55(44-40-48)72(66-37-19-34-57-56-30-14-13-21-49(56)41-46-60(57)66)67-38-20-36-65-70(67)62-33-17-18-35-64(62)71(65,53-26-9-3-10-27-53)54-28-11-4-12-29-54/h1-47H. The maximum atomic E-state index is 2.52. The van der Waals surface area contributed by atoms with E-state index in [2.05, 4.69) is 290 Å². The molecule has 0 amide bonds. The van der Waals surface area contributed by atoms with Crippen LogP contribution in [-0.2, 0) is 5.41 Å². The number of anilines is 3. The van der Waals surface area contributed by atoms with Crippen LogP contribution in [0.25, 0.3) is 87.6 Å². The highest BCUT2D eigenvalue weighted by atomic mass is 15.1. The molecule has 0 aliphatic heterocycles. The van der Waals surface area contributed by atoms with E-state index in [1.54, 1.807) is 0 Å². The summed E-state index contributed by atoms with van der Waals surface area (Å²) in [6.45, 7) is 0. The second-order valence-electron chi connectivity index (χ2n) is 19.1. The normalized spacial score (nSPS) is 12.6. The number of rotatable bonds is 8. The van der Waals surface area contributed by atoms with Crippen LogP contribution in [0.15, 0.2) is 285 Å². The number of hydrogen-bond acceptors (Lipinski definition) is 1. The van der Waals surface area contributed by atoms with E-state index in [1.165, 1.54) is 104 Å². The average Bonchev–Trinajstić information content (AvgIpc) is 3.77. The molecule has 13 aromatic carbocycles. The van der Waals surface area contributed by atoms with Gasteiger partial charge in [0.05, 0.1) is 16.8 Å². The van der Waals surface area contributed by atoms with Crippen LogP contribution in [0.3, 0.4) is 0 Å². The molecule has 14 rings (SSSR count). The molecule has 13 aromatic rings. The summed E-state index contributed by atoms with van der Waals surface area (Å²) in [7, 11) is 0. The van der Waals surface area contributed by atoms with E-state index < -0.39 is 5.41 Å². The Hall–Kier alpha value is -9.30. The van der Waals surface area contributed by atoms with Crippen molar-refractivity contribution in [2.45, 2.75) is 5.41 Å². The van der Waals surface area contributed by atoms with Gasteiger partial charge < -0.3 is 4.90 Å². The van der Waals surface area contributed by atoms with Gasteiger partial charge in [0.25, 0.3) is 0 Å². The quantitative estimate of drug-likeness (QED) is 0.137. The van der Waals surface area contributed by atoms with Crippen molar-refractivity contribution in [2.75, 3.05) is 4.90 Å². The van der Waals surface area contributed by atoms with Gasteiger partial charge in [-0.3, -0.25) is 0 Å². The van der Waals surface area contributed by atoms with Crippen LogP contribution in [0.4, 0.5) is 17.1 Å². The maximum absolute atomic E-state index is 2.52. The Morgan fingerprint density at radius 3 is 1.44 bits per heavy atom. The Balaban J connectivity index is 1.00. The molecule has 1 aliphatic carbocycles. The van der Waals surface area contributed by atoms with Crippen LogP contribution in [0.1, 0.15) is 22.3 Å². The highest BCUT2D eigenvalue weighted by Gasteiger charge is 2.47. The van der Waals surface area contributed by atoms with Gasteiger partial charge in [0.2, 0.25) is 0 Å². The van der Waals surface area contributed by atoms with Crippen molar-refractivity contribution >= 4 is 60.2 Å². The van der Waals surface area contributed by atoms with Gasteiger partial charge in [-0.15, -0.1) is 0 Å². The lowest BCUT2D eigenvalue weighted by Gasteiger charge is -2.34. The minimum Gasteiger partial charge on any atom is -0.309 e. The van der Waals surface area contributed by atoms with E-state index in [0.717, 1.165) is 22.6 Å². The first-order chi connectivity index (χ1) is 35.8. The number of hydrogen-bond donors (Lipinski definition) is 0. The Kier molecular flexibility index (Phi) is 9.82. The molecular weight excluding hydrogens is 867 g/mol. The monoisotopic (exact) mass is 913 g/mol. The first kappa shape index (κ1) is 41.7. The van der Waals surface area contributed by atoms with E-state index in [4.69, 9.17) is 0 Å². The van der Waals surface area contributed by atoms with Gasteiger partial charge in [-0.05, 0) is 129 Å². The molecule has 0 bridgehead atoms. The van der Waals surface area contributed by atoms with Crippen LogP contribution < -0.4 is 4.90 Å². The van der Waals surface area contributed by atoms with Gasteiger partial charge >= 0.3 is 0 Å². The van der Waals surface area contributed by atoms with E-state index in [1.807, 2.05) is 0 Å². The van der Waals surface area contributed by atoms with Gasteiger partial charge in [0, 0.05) is 16.6 Å². The molecule has 72 heavy (non-hydrogen) atoms. The predicted molar refractivity (Wildman–Crippen MR) is 305 cm³/mol. The highest BCUT2D eigenvalue weighted by molar-refractivity contribution is 6.22. The second kappa shape index (κ2) is 17.0. The third kappa shape index (κ3) is 6.41. The molecule has 0 aromatic heterocycles. The first-order valence-corrected chi connectivity index (χ1v) is 25.0. The number of nitrogens with zero attached hydrogens (tertiary/aromatic N) is 1. The fourth-order valence-electron chi connectivity index (χ4n) is 12.3. The molecule has 0 heterocycles. The Morgan fingerprint density at radius 1 is 0.250 bits per heavy atom. The summed E-state index contributed by atoms with van der Waals surface area (Å²) in [4.78, 5) is 2.52. The lowest BCUT2D eigenvalue weighted by atomic mass is 9.68. The van der Waals surface area contributed by atoms with Crippen LogP contribution in [-0.4, -0.2) is 0 Å². The lowest BCUT2D eigenvalue weighted by Crippen LogP contribution is -2.28. The van der Waals surface area contributed by atoms with Crippen molar-refractivity contribution < 1.29 is 0 Å². The van der Waals surface area contributed by atoms with Crippen molar-refractivity contribution in [1.29, 1.82) is 0 Å². The van der Waals surface area contributed by atoms with Gasteiger partial charge in [0.1, 0.15) is 0 Å². The molecule has 0 radical (unpaired) electrons. The van der Waals surface area contributed by atoms with Crippen molar-refractivity contribution in [3.63, 3.8) is 0 Å². The summed E-state index contributed by atoms with van der Waals surface area (Å²) in [6, 6.07) is 105. The molecule has 0 atom stereocenters. The fraction of sp³-hybridized carbons (Fsp3) is 0.0141. The molecule has 336 valence electrons. The largest absolute Gasteiger partial charge is 0.309 e. The summed E-state index contributed by atoms with van der Waals surface area (Å²) in [5.74, 6) is 0. The minimum absolute atomic E-state index is 0.532. The molecule has 1 nitrogen and oxygen atoms in total. The van der Waals surface area contributed by atoms with Gasteiger partial charge in [-0.1, -0.05) is 255 Å². The molecule has 0 N–H and O–H groups in total. The number of benzene rings is 13. The van der Waals surface area contributed by atoms with Crippen molar-refractivity contribution in [3.05, 3.63) is 307 Å². The predicted octanol–water partition coefficient (Wildman–Crippen LogP) is 19.1. The summed E-state index contributed by atoms with van der Waals surface area (Å²) < 4.78 is 0. The lowest BCUT2D eigenvalue weighted by molar-refractivity contribution is 0.768. The topological polar surface area (TPSA) is 3.24 Å². The van der Waals surface area contributed by atoms with E-state index >= 15 is 0 Å². The van der Waals surface area contributed by atoms with E-state index in [-0.39, 0.29) is 0 Å². The van der Waals surface area contributed by atoms with Crippen LogP contribution in [0, 0.1) is 0 Å². The smallest absolute Gasteiger partial charge is 0.0714 e. The van der Waals surface area contributed by atoms with Crippen molar-refractivity contribution in [1.82, 2.24) is 0 Å². The highest BCUT2D eigenvalue weighted by Crippen LogP contribution is 2.60. The first-order valence-electron chi connectivity index (χ1n) is 25.0. The van der Waals surface area contributed by atoms with Crippen LogP contribution >= 0.6 is 0 Å². The molecule has 1 heteroatoms. The third-order valence-electron chi connectivity index (χ3n) is 15.3. The van der Waals surface area contributed by atoms with Crippen LogP contribution in [0.5, 0.6) is 0 Å². The molecule has 0 saturated heterocycles. The minimum atomic E-state index is -0.532. The zero-order valence-electron chi connectivity index (χ0n) is 39.6. The molecule has 0 spiro atoms. The van der Waals surface area contributed by atoms with Gasteiger partial charge in [-0.2, -0.15) is 0 Å². The fourth-order valence-corrected chi connectivity index (χ4v) is 12.3. The van der Waals surface area contributed by atoms with Gasteiger partial charge in [0.15, 0.2) is 0 Å². The molecule has 0 saturated carbocycles. The average molecular weight is 914 g/mol. The maximum Gasteiger partial charge on any atom is 0.0714 e. The summed E-state index contributed by atoms with van der Waals surface area (Å²) in [5.41, 5.74) is 17.7. The second-order valence-corrected chi connectivity index (χ2v) is 19.1. The zero-order valence-corrected chi connectivity index (χ0v) is 39.6. The summed E-state index contributed by atoms with van der Waals surface area (Å²) >= 11 is 0. The number of fused-ring (bicyclic) bond motifs is 9. The van der Waals surface area contributed by atoms with E-state index in [9.17, 15) is 0 Å². The molecule has 0 unspecified atom stereocenters. The summed E-state index contributed by atoms with van der Waals surface area (Å²) in [5, 5.41) is 9.92.